The van der Waals surface area contributed by atoms with Gasteiger partial charge in [-0.25, -0.2) is 4.98 Å². The smallest absolute Gasteiger partial charge is 0.220 e. The third-order valence-electron chi connectivity index (χ3n) is 3.95. The molecule has 0 saturated carbocycles. The Balaban J connectivity index is 1.70. The highest BCUT2D eigenvalue weighted by Crippen LogP contribution is 2.25. The van der Waals surface area contributed by atoms with Crippen molar-refractivity contribution >= 4 is 17.7 Å². The maximum atomic E-state index is 11.2. The van der Waals surface area contributed by atoms with Crippen LogP contribution < -0.4 is 5.32 Å². The minimum Gasteiger partial charge on any atom is -0.356 e. The first-order valence-corrected chi connectivity index (χ1v) is 8.65. The fourth-order valence-electron chi connectivity index (χ4n) is 2.59. The van der Waals surface area contributed by atoms with Crippen LogP contribution in [-0.2, 0) is 4.79 Å². The number of imidazole rings is 1. The number of carbonyl (C=O) groups is 1. The maximum Gasteiger partial charge on any atom is 0.220 e. The number of rotatable bonds is 5. The summed E-state index contributed by atoms with van der Waals surface area (Å²) in [6.07, 6.45) is 4.46. The van der Waals surface area contributed by atoms with Crippen LogP contribution in [0.25, 0.3) is 5.69 Å². The zero-order valence-corrected chi connectivity index (χ0v) is 13.8. The number of nitrogens with one attached hydrogen (secondary N) is 1. The molecule has 0 spiro atoms. The fraction of sp³-hybridized carbons (Fsp3) is 0.412. The van der Waals surface area contributed by atoms with Gasteiger partial charge in [0.2, 0.25) is 5.91 Å². The topological polar surface area (TPSA) is 46.9 Å². The summed E-state index contributed by atoms with van der Waals surface area (Å²) in [7, 11) is 0. The molecule has 1 saturated heterocycles. The van der Waals surface area contributed by atoms with Crippen LogP contribution in [0.4, 0.5) is 0 Å². The van der Waals surface area contributed by atoms with Crippen LogP contribution in [-0.4, -0.2) is 27.8 Å². The summed E-state index contributed by atoms with van der Waals surface area (Å²) in [5.74, 6) is 2.03. The molecular weight excluding hydrogens is 294 g/mol. The normalized spacial score (nSPS) is 18.0. The van der Waals surface area contributed by atoms with Gasteiger partial charge in [-0.15, -0.1) is 0 Å². The van der Waals surface area contributed by atoms with E-state index < -0.39 is 0 Å². The van der Waals surface area contributed by atoms with Gasteiger partial charge in [0.1, 0.15) is 0 Å². The minimum atomic E-state index is 0.165. The Labute approximate surface area is 135 Å². The van der Waals surface area contributed by atoms with Gasteiger partial charge in [-0.1, -0.05) is 37.7 Å². The number of hydrogen-bond donors (Lipinski definition) is 1. The Morgan fingerprint density at radius 1 is 1.36 bits per heavy atom. The molecule has 0 bridgehead atoms. The third kappa shape index (κ3) is 3.35. The minimum absolute atomic E-state index is 0.165. The molecule has 2 heterocycles. The van der Waals surface area contributed by atoms with Crippen LogP contribution >= 0.6 is 11.8 Å². The van der Waals surface area contributed by atoms with E-state index in [9.17, 15) is 4.79 Å². The Bertz CT molecular complexity index is 648. The van der Waals surface area contributed by atoms with E-state index in [1.54, 1.807) is 11.8 Å². The highest BCUT2D eigenvalue weighted by atomic mass is 32.2. The van der Waals surface area contributed by atoms with E-state index in [0.717, 1.165) is 23.1 Å². The molecule has 1 atom stereocenters. The van der Waals surface area contributed by atoms with Gasteiger partial charge in [-0.2, -0.15) is 0 Å². The van der Waals surface area contributed by atoms with Crippen molar-refractivity contribution in [3.63, 3.8) is 0 Å². The molecule has 116 valence electrons. The van der Waals surface area contributed by atoms with Gasteiger partial charge in [-0.05, 0) is 29.5 Å². The van der Waals surface area contributed by atoms with Gasteiger partial charge in [-0.3, -0.25) is 9.36 Å². The summed E-state index contributed by atoms with van der Waals surface area (Å²) in [4.78, 5) is 15.7. The van der Waals surface area contributed by atoms with Crippen LogP contribution in [0.2, 0.25) is 0 Å². The second-order valence-electron chi connectivity index (χ2n) is 6.01. The highest BCUT2D eigenvalue weighted by Gasteiger charge is 2.22. The van der Waals surface area contributed by atoms with E-state index in [0.29, 0.717) is 18.3 Å². The molecule has 1 aromatic carbocycles. The molecule has 3 rings (SSSR count). The molecule has 1 aromatic heterocycles. The number of hydrogen-bond acceptors (Lipinski definition) is 3. The largest absolute Gasteiger partial charge is 0.356 e. The lowest BCUT2D eigenvalue weighted by Crippen LogP contribution is -2.14. The van der Waals surface area contributed by atoms with Crippen LogP contribution in [0.5, 0.6) is 0 Å². The number of thioether (sulfide) groups is 1. The van der Waals surface area contributed by atoms with Crippen molar-refractivity contribution in [1.82, 2.24) is 14.9 Å². The van der Waals surface area contributed by atoms with E-state index in [2.05, 4.69) is 53.0 Å². The Kier molecular flexibility index (Phi) is 4.52. The molecule has 5 heteroatoms. The average molecular weight is 315 g/mol. The van der Waals surface area contributed by atoms with E-state index in [1.165, 1.54) is 5.56 Å². The second-order valence-corrected chi connectivity index (χ2v) is 7.00. The van der Waals surface area contributed by atoms with E-state index >= 15 is 0 Å². The van der Waals surface area contributed by atoms with Gasteiger partial charge in [0.05, 0.1) is 0 Å². The summed E-state index contributed by atoms with van der Waals surface area (Å²) in [6, 6.07) is 8.63. The van der Waals surface area contributed by atoms with Crippen molar-refractivity contribution in [2.45, 2.75) is 31.3 Å². The maximum absolute atomic E-state index is 11.2. The zero-order valence-electron chi connectivity index (χ0n) is 13.0. The fourth-order valence-corrected chi connectivity index (χ4v) is 3.65. The molecule has 1 fully saturated rings. The zero-order chi connectivity index (χ0) is 15.5. The second kappa shape index (κ2) is 6.57. The van der Waals surface area contributed by atoms with Crippen molar-refractivity contribution < 1.29 is 4.79 Å². The van der Waals surface area contributed by atoms with E-state index in [1.807, 2.05) is 12.4 Å². The number of nitrogens with zero attached hydrogens (tertiary/aromatic N) is 2. The lowest BCUT2D eigenvalue weighted by atomic mass is 10.0. The summed E-state index contributed by atoms with van der Waals surface area (Å²) >= 11 is 1.72. The molecule has 22 heavy (non-hydrogen) atoms. The predicted molar refractivity (Wildman–Crippen MR) is 89.5 cm³/mol. The van der Waals surface area contributed by atoms with Crippen molar-refractivity contribution in [1.29, 1.82) is 0 Å². The van der Waals surface area contributed by atoms with Gasteiger partial charge in [0.15, 0.2) is 5.16 Å². The van der Waals surface area contributed by atoms with Gasteiger partial charge >= 0.3 is 0 Å². The first kappa shape index (κ1) is 15.2. The Morgan fingerprint density at radius 3 is 2.77 bits per heavy atom. The van der Waals surface area contributed by atoms with Crippen LogP contribution in [0.3, 0.4) is 0 Å². The summed E-state index contributed by atoms with van der Waals surface area (Å²) in [5.41, 5.74) is 2.47. The van der Waals surface area contributed by atoms with E-state index in [-0.39, 0.29) is 5.91 Å². The molecule has 1 unspecified atom stereocenters. The van der Waals surface area contributed by atoms with Crippen LogP contribution in [0.15, 0.2) is 41.8 Å². The predicted octanol–water partition coefficient (Wildman–Crippen LogP) is 3.22. The third-order valence-corrected chi connectivity index (χ3v) is 5.15. The lowest BCUT2D eigenvalue weighted by molar-refractivity contribution is -0.119. The molecular formula is C17H21N3OS. The van der Waals surface area contributed by atoms with Crippen LogP contribution in [0, 0.1) is 5.92 Å². The highest BCUT2D eigenvalue weighted by molar-refractivity contribution is 7.99. The molecule has 1 N–H and O–H groups in total. The summed E-state index contributed by atoms with van der Waals surface area (Å²) in [6.45, 7) is 5.19. The monoisotopic (exact) mass is 315 g/mol. The Morgan fingerprint density at radius 2 is 2.14 bits per heavy atom. The van der Waals surface area contributed by atoms with Gasteiger partial charge in [0, 0.05) is 36.8 Å². The standard InChI is InChI=1S/C17H21N3OS/c1-12(2)14-3-5-15(6-4-14)20-8-7-18-17(20)22-11-13-9-16(21)19-10-13/h3-8,12-13H,9-11H2,1-2H3,(H,19,21). The molecule has 1 aliphatic rings. The molecule has 0 radical (unpaired) electrons. The van der Waals surface area contributed by atoms with Crippen molar-refractivity contribution in [2.75, 3.05) is 12.3 Å². The Hall–Kier alpha value is -1.75. The van der Waals surface area contributed by atoms with Crippen LogP contribution in [0.1, 0.15) is 31.7 Å². The summed E-state index contributed by atoms with van der Waals surface area (Å²) in [5, 5.41) is 3.87. The number of benzene rings is 1. The van der Waals surface area contributed by atoms with Gasteiger partial charge < -0.3 is 5.32 Å². The molecule has 2 aromatic rings. The van der Waals surface area contributed by atoms with Gasteiger partial charge in [0.25, 0.3) is 0 Å². The van der Waals surface area contributed by atoms with E-state index in [4.69, 9.17) is 0 Å². The molecule has 1 amide bonds. The number of amides is 1. The average Bonchev–Trinajstić information content (AvgIpc) is 3.14. The summed E-state index contributed by atoms with van der Waals surface area (Å²) < 4.78 is 2.11. The molecule has 0 aliphatic carbocycles. The quantitative estimate of drug-likeness (QED) is 0.862. The molecule has 4 nitrogen and oxygen atoms in total. The number of aromatic nitrogens is 2. The van der Waals surface area contributed by atoms with Crippen molar-refractivity contribution in [3.8, 4) is 5.69 Å². The van der Waals surface area contributed by atoms with Crippen molar-refractivity contribution in [3.05, 3.63) is 42.2 Å². The first-order valence-electron chi connectivity index (χ1n) is 7.66. The SMILES string of the molecule is CC(C)c1ccc(-n2ccnc2SCC2CNC(=O)C2)cc1. The first-order chi connectivity index (χ1) is 10.6. The van der Waals surface area contributed by atoms with Crippen molar-refractivity contribution in [2.24, 2.45) is 5.92 Å². The molecule has 1 aliphatic heterocycles. The lowest BCUT2D eigenvalue weighted by Gasteiger charge is -2.11. The number of carbonyl (C=O) groups excluding carboxylic acids is 1.